The molecule has 2 aromatic carbocycles. The van der Waals surface area contributed by atoms with Crippen molar-refractivity contribution in [2.45, 2.75) is 32.6 Å². The second-order valence-electron chi connectivity index (χ2n) is 7.65. The minimum atomic E-state index is -0.650. The maximum Gasteiger partial charge on any atom is 0.173 e. The van der Waals surface area contributed by atoms with Crippen molar-refractivity contribution in [3.63, 3.8) is 0 Å². The quantitative estimate of drug-likeness (QED) is 0.595. The first kappa shape index (κ1) is 17.9. The van der Waals surface area contributed by atoms with E-state index < -0.39 is 5.92 Å². The van der Waals surface area contributed by atoms with Crippen molar-refractivity contribution in [3.8, 4) is 11.1 Å². The molecule has 0 radical (unpaired) electrons. The second-order valence-corrected chi connectivity index (χ2v) is 7.65. The summed E-state index contributed by atoms with van der Waals surface area (Å²) in [6, 6.07) is 14.4. The average molecular weight is 360 g/mol. The summed E-state index contributed by atoms with van der Waals surface area (Å²) >= 11 is 0. The molecule has 3 nitrogen and oxygen atoms in total. The molecule has 1 saturated heterocycles. The lowest BCUT2D eigenvalue weighted by atomic mass is 9.85. The number of allylic oxidation sites excluding steroid dienone is 1. The molecule has 1 aliphatic heterocycles. The van der Waals surface area contributed by atoms with Gasteiger partial charge in [0.15, 0.2) is 11.6 Å². The highest BCUT2D eigenvalue weighted by atomic mass is 16.5. The van der Waals surface area contributed by atoms with Gasteiger partial charge in [-0.2, -0.15) is 0 Å². The summed E-state index contributed by atoms with van der Waals surface area (Å²) in [4.78, 5) is 25.8. The molecule has 2 aliphatic rings. The third-order valence-electron chi connectivity index (χ3n) is 5.66. The van der Waals surface area contributed by atoms with Crippen LogP contribution in [-0.2, 0) is 14.3 Å². The molecule has 1 saturated carbocycles. The van der Waals surface area contributed by atoms with Gasteiger partial charge in [-0.1, -0.05) is 48.5 Å². The molecule has 3 heteroatoms. The average Bonchev–Trinajstić information content (AvgIpc) is 3.25. The van der Waals surface area contributed by atoms with Crippen LogP contribution < -0.4 is 0 Å². The normalized spacial score (nSPS) is 24.1. The Kier molecular flexibility index (Phi) is 4.79. The van der Waals surface area contributed by atoms with Crippen molar-refractivity contribution in [2.75, 3.05) is 13.2 Å². The van der Waals surface area contributed by atoms with Crippen molar-refractivity contribution in [2.24, 2.45) is 5.92 Å². The highest BCUT2D eigenvalue weighted by molar-refractivity contribution is 6.23. The predicted octanol–water partition coefficient (Wildman–Crippen LogP) is 4.56. The van der Waals surface area contributed by atoms with Crippen LogP contribution in [0.25, 0.3) is 11.1 Å². The van der Waals surface area contributed by atoms with Crippen molar-refractivity contribution < 1.29 is 14.3 Å². The number of ether oxygens (including phenoxy) is 1. The molecule has 1 aliphatic carbocycles. The molecule has 0 N–H and O–H groups in total. The molecule has 4 rings (SSSR count). The lowest BCUT2D eigenvalue weighted by molar-refractivity contribution is -0.123. The number of benzene rings is 2. The summed E-state index contributed by atoms with van der Waals surface area (Å²) in [5.74, 6) is -0.393. The van der Waals surface area contributed by atoms with Crippen LogP contribution in [0.2, 0.25) is 0 Å². The fourth-order valence-electron chi connectivity index (χ4n) is 4.34. The zero-order valence-corrected chi connectivity index (χ0v) is 15.8. The maximum atomic E-state index is 13.0. The molecule has 2 aromatic rings. The van der Waals surface area contributed by atoms with Crippen LogP contribution in [-0.4, -0.2) is 24.8 Å². The van der Waals surface area contributed by atoms with Crippen molar-refractivity contribution in [1.82, 2.24) is 0 Å². The highest BCUT2D eigenvalue weighted by Gasteiger charge is 2.40. The Bertz CT molecular complexity index is 895. The molecular formula is C24H24O3. The lowest BCUT2D eigenvalue weighted by Gasteiger charge is -2.16. The van der Waals surface area contributed by atoms with Crippen LogP contribution in [0.4, 0.5) is 0 Å². The number of hydrogen-bond donors (Lipinski definition) is 0. The van der Waals surface area contributed by atoms with Crippen LogP contribution in [0.5, 0.6) is 0 Å². The Morgan fingerprint density at radius 2 is 1.70 bits per heavy atom. The minimum absolute atomic E-state index is 0.0174. The van der Waals surface area contributed by atoms with Gasteiger partial charge in [-0.3, -0.25) is 9.59 Å². The van der Waals surface area contributed by atoms with E-state index in [0.29, 0.717) is 12.2 Å². The van der Waals surface area contributed by atoms with Gasteiger partial charge in [-0.05, 0) is 48.1 Å². The third-order valence-corrected chi connectivity index (χ3v) is 5.66. The van der Waals surface area contributed by atoms with E-state index >= 15 is 0 Å². The highest BCUT2D eigenvalue weighted by Crippen LogP contribution is 2.38. The largest absolute Gasteiger partial charge is 0.381 e. The molecule has 0 amide bonds. The van der Waals surface area contributed by atoms with Crippen molar-refractivity contribution in [1.29, 1.82) is 0 Å². The Morgan fingerprint density at radius 1 is 1.00 bits per heavy atom. The van der Waals surface area contributed by atoms with Gasteiger partial charge in [0.25, 0.3) is 0 Å². The number of hydrogen-bond acceptors (Lipinski definition) is 3. The topological polar surface area (TPSA) is 43.4 Å². The number of carbonyl (C=O) groups excluding carboxylic acids is 2. The van der Waals surface area contributed by atoms with E-state index in [4.69, 9.17) is 4.74 Å². The molecule has 0 aromatic heterocycles. The Hall–Kier alpha value is -2.52. The summed E-state index contributed by atoms with van der Waals surface area (Å²) in [5, 5.41) is 0. The standard InChI is InChI=1S/C24H24O3/c1-15-10-19(18-6-4-3-5-7-18)11-16(2)22(15)23-21(25)13-20(24(23)26)12-17-8-9-27-14-17/h3-7,10-12,17,23H,8-9,13-14H2,1-2H3. The molecule has 27 heavy (non-hydrogen) atoms. The molecule has 0 bridgehead atoms. The predicted molar refractivity (Wildman–Crippen MR) is 106 cm³/mol. The SMILES string of the molecule is Cc1cc(-c2ccccc2)cc(C)c1C1C(=O)CC(=CC2CCOC2)C1=O. The number of carbonyl (C=O) groups is 2. The monoisotopic (exact) mass is 360 g/mol. The van der Waals surface area contributed by atoms with E-state index in [1.165, 1.54) is 0 Å². The summed E-state index contributed by atoms with van der Waals surface area (Å²) in [6.07, 6.45) is 3.16. The maximum absolute atomic E-state index is 13.0. The summed E-state index contributed by atoms with van der Waals surface area (Å²) < 4.78 is 5.39. The molecule has 2 unspecified atom stereocenters. The summed E-state index contributed by atoms with van der Waals surface area (Å²) in [5.41, 5.74) is 5.83. The van der Waals surface area contributed by atoms with E-state index in [2.05, 4.69) is 24.3 Å². The molecule has 1 heterocycles. The van der Waals surface area contributed by atoms with E-state index in [1.54, 1.807) is 0 Å². The van der Waals surface area contributed by atoms with E-state index in [1.807, 2.05) is 38.1 Å². The number of Topliss-reactive ketones (excluding diaryl/α,β-unsaturated/α-hetero) is 2. The van der Waals surface area contributed by atoms with Crippen LogP contribution >= 0.6 is 0 Å². The van der Waals surface area contributed by atoms with E-state index in [9.17, 15) is 9.59 Å². The Labute approximate surface area is 160 Å². The van der Waals surface area contributed by atoms with Gasteiger partial charge in [-0.25, -0.2) is 0 Å². The summed E-state index contributed by atoms with van der Waals surface area (Å²) in [6.45, 7) is 5.39. The Balaban J connectivity index is 1.68. The first-order chi connectivity index (χ1) is 13.0. The molecule has 2 fully saturated rings. The fraction of sp³-hybridized carbons (Fsp3) is 0.333. The van der Waals surface area contributed by atoms with Crippen LogP contribution in [0.1, 0.15) is 35.4 Å². The van der Waals surface area contributed by atoms with Gasteiger partial charge >= 0.3 is 0 Å². The summed E-state index contributed by atoms with van der Waals surface area (Å²) in [7, 11) is 0. The second kappa shape index (κ2) is 7.24. The number of aryl methyl sites for hydroxylation is 2. The molecule has 2 atom stereocenters. The van der Waals surface area contributed by atoms with Crippen LogP contribution in [0, 0.1) is 19.8 Å². The molecule has 0 spiro atoms. The van der Waals surface area contributed by atoms with Gasteiger partial charge in [0.1, 0.15) is 5.92 Å². The fourth-order valence-corrected chi connectivity index (χ4v) is 4.34. The molecule has 138 valence electrons. The number of ketones is 2. The Morgan fingerprint density at radius 3 is 2.33 bits per heavy atom. The van der Waals surface area contributed by atoms with E-state index in [-0.39, 0.29) is 23.9 Å². The number of rotatable bonds is 3. The zero-order chi connectivity index (χ0) is 19.0. The van der Waals surface area contributed by atoms with Gasteiger partial charge in [0, 0.05) is 24.5 Å². The smallest absolute Gasteiger partial charge is 0.173 e. The van der Waals surface area contributed by atoms with Crippen molar-refractivity contribution in [3.05, 3.63) is 70.8 Å². The molecular weight excluding hydrogens is 336 g/mol. The van der Waals surface area contributed by atoms with Gasteiger partial charge in [0.2, 0.25) is 0 Å². The van der Waals surface area contributed by atoms with Crippen molar-refractivity contribution >= 4 is 11.6 Å². The third kappa shape index (κ3) is 3.40. The zero-order valence-electron chi connectivity index (χ0n) is 15.8. The van der Waals surface area contributed by atoms with Crippen LogP contribution in [0.15, 0.2) is 54.1 Å². The first-order valence-electron chi connectivity index (χ1n) is 9.56. The minimum Gasteiger partial charge on any atom is -0.381 e. The van der Waals surface area contributed by atoms with Crippen LogP contribution in [0.3, 0.4) is 0 Å². The van der Waals surface area contributed by atoms with Gasteiger partial charge in [0.05, 0.1) is 6.61 Å². The van der Waals surface area contributed by atoms with Gasteiger partial charge in [-0.15, -0.1) is 0 Å². The van der Waals surface area contributed by atoms with Gasteiger partial charge < -0.3 is 4.74 Å². The van der Waals surface area contributed by atoms with E-state index in [0.717, 1.165) is 40.8 Å². The first-order valence-corrected chi connectivity index (χ1v) is 9.56. The lowest BCUT2D eigenvalue weighted by Crippen LogP contribution is -2.15.